The molecular formula is C14H14BrFN2O3. The second kappa shape index (κ2) is 5.85. The SMILES string of the molecule is CC(C)[C@H](NC(=O)c1cc2c(F)cc(Br)cc2[nH]1)C(=O)O. The van der Waals surface area contributed by atoms with Gasteiger partial charge in [-0.3, -0.25) is 4.79 Å². The number of fused-ring (bicyclic) bond motifs is 1. The van der Waals surface area contributed by atoms with Crippen LogP contribution in [0, 0.1) is 11.7 Å². The van der Waals surface area contributed by atoms with Crippen molar-refractivity contribution in [3.63, 3.8) is 0 Å². The third-order valence-corrected chi connectivity index (χ3v) is 3.57. The van der Waals surface area contributed by atoms with Crippen LogP contribution in [0.3, 0.4) is 0 Å². The van der Waals surface area contributed by atoms with Gasteiger partial charge in [-0.05, 0) is 24.1 Å². The molecule has 2 rings (SSSR count). The first-order valence-corrected chi connectivity index (χ1v) is 7.10. The van der Waals surface area contributed by atoms with Gasteiger partial charge in [0, 0.05) is 9.86 Å². The minimum absolute atomic E-state index is 0.119. The van der Waals surface area contributed by atoms with Crippen LogP contribution in [-0.2, 0) is 4.79 Å². The number of rotatable bonds is 4. The molecule has 0 unspecified atom stereocenters. The number of aromatic amines is 1. The summed E-state index contributed by atoms with van der Waals surface area (Å²) in [5.41, 5.74) is 0.581. The fourth-order valence-corrected chi connectivity index (χ4v) is 2.45. The van der Waals surface area contributed by atoms with Crippen molar-refractivity contribution >= 4 is 38.7 Å². The van der Waals surface area contributed by atoms with Gasteiger partial charge in [0.1, 0.15) is 17.6 Å². The van der Waals surface area contributed by atoms with Crippen LogP contribution in [0.2, 0.25) is 0 Å². The topological polar surface area (TPSA) is 82.2 Å². The van der Waals surface area contributed by atoms with Crippen LogP contribution >= 0.6 is 15.9 Å². The number of carboxylic acids is 1. The van der Waals surface area contributed by atoms with E-state index in [-0.39, 0.29) is 17.0 Å². The molecule has 3 N–H and O–H groups in total. The summed E-state index contributed by atoms with van der Waals surface area (Å²) in [7, 11) is 0. The summed E-state index contributed by atoms with van der Waals surface area (Å²) in [5.74, 6) is -2.42. The second-order valence-electron chi connectivity index (χ2n) is 5.07. The molecule has 0 spiro atoms. The van der Waals surface area contributed by atoms with Crippen molar-refractivity contribution in [2.75, 3.05) is 0 Å². The number of hydrogen-bond donors (Lipinski definition) is 3. The summed E-state index contributed by atoms with van der Waals surface area (Å²) < 4.78 is 14.3. The molecule has 1 aromatic carbocycles. The van der Waals surface area contributed by atoms with Crippen molar-refractivity contribution < 1.29 is 19.1 Å². The molecule has 0 saturated heterocycles. The quantitative estimate of drug-likeness (QED) is 0.787. The predicted octanol–water partition coefficient (Wildman–Crippen LogP) is 2.91. The molecule has 1 heterocycles. The molecule has 2 aromatic rings. The van der Waals surface area contributed by atoms with E-state index in [0.29, 0.717) is 9.99 Å². The first-order chi connectivity index (χ1) is 9.79. The molecular weight excluding hydrogens is 343 g/mol. The van der Waals surface area contributed by atoms with E-state index in [4.69, 9.17) is 5.11 Å². The van der Waals surface area contributed by atoms with Gasteiger partial charge in [0.05, 0.1) is 5.52 Å². The number of nitrogens with one attached hydrogen (secondary N) is 2. The highest BCUT2D eigenvalue weighted by molar-refractivity contribution is 9.10. The first-order valence-electron chi connectivity index (χ1n) is 6.31. The Labute approximate surface area is 128 Å². The summed E-state index contributed by atoms with van der Waals surface area (Å²) in [6.07, 6.45) is 0. The number of hydrogen-bond acceptors (Lipinski definition) is 2. The number of carboxylic acid groups (broad SMARTS) is 1. The van der Waals surface area contributed by atoms with E-state index in [1.165, 1.54) is 12.1 Å². The van der Waals surface area contributed by atoms with Gasteiger partial charge in [-0.1, -0.05) is 29.8 Å². The van der Waals surface area contributed by atoms with Crippen LogP contribution in [0.25, 0.3) is 10.9 Å². The average molecular weight is 357 g/mol. The Bertz CT molecular complexity index is 712. The highest BCUT2D eigenvalue weighted by Gasteiger charge is 2.24. The normalized spacial score (nSPS) is 12.6. The number of aromatic nitrogens is 1. The Morgan fingerprint density at radius 1 is 1.33 bits per heavy atom. The second-order valence-corrected chi connectivity index (χ2v) is 5.98. The van der Waals surface area contributed by atoms with Gasteiger partial charge in [-0.25, -0.2) is 9.18 Å². The van der Waals surface area contributed by atoms with Gasteiger partial charge in [0.2, 0.25) is 0 Å². The summed E-state index contributed by atoms with van der Waals surface area (Å²) >= 11 is 3.17. The smallest absolute Gasteiger partial charge is 0.326 e. The molecule has 0 aliphatic rings. The lowest BCUT2D eigenvalue weighted by molar-refractivity contribution is -0.140. The van der Waals surface area contributed by atoms with Crippen LogP contribution in [0.5, 0.6) is 0 Å². The summed E-state index contributed by atoms with van der Waals surface area (Å²) in [5, 5.41) is 11.8. The van der Waals surface area contributed by atoms with Gasteiger partial charge < -0.3 is 15.4 Å². The molecule has 0 radical (unpaired) electrons. The summed E-state index contributed by atoms with van der Waals surface area (Å²) in [6.45, 7) is 3.39. The van der Waals surface area contributed by atoms with E-state index in [9.17, 15) is 14.0 Å². The van der Waals surface area contributed by atoms with Gasteiger partial charge in [-0.15, -0.1) is 0 Å². The minimum Gasteiger partial charge on any atom is -0.480 e. The number of H-pyrrole nitrogens is 1. The van der Waals surface area contributed by atoms with Crippen LogP contribution in [0.1, 0.15) is 24.3 Å². The zero-order chi connectivity index (χ0) is 15.7. The van der Waals surface area contributed by atoms with Crippen molar-refractivity contribution in [3.05, 3.63) is 34.2 Å². The zero-order valence-corrected chi connectivity index (χ0v) is 13.0. The molecule has 0 aliphatic heterocycles. The Kier molecular flexibility index (Phi) is 4.32. The van der Waals surface area contributed by atoms with E-state index in [0.717, 1.165) is 0 Å². The highest BCUT2D eigenvalue weighted by Crippen LogP contribution is 2.24. The number of carbonyl (C=O) groups excluding carboxylic acids is 1. The molecule has 1 amide bonds. The number of benzene rings is 1. The van der Waals surface area contributed by atoms with Crippen molar-refractivity contribution in [1.29, 1.82) is 0 Å². The van der Waals surface area contributed by atoms with E-state index in [1.54, 1.807) is 19.9 Å². The molecule has 1 atom stereocenters. The number of aliphatic carboxylic acids is 1. The monoisotopic (exact) mass is 356 g/mol. The Balaban J connectivity index is 2.31. The molecule has 0 bridgehead atoms. The van der Waals surface area contributed by atoms with Gasteiger partial charge in [-0.2, -0.15) is 0 Å². The molecule has 7 heteroatoms. The van der Waals surface area contributed by atoms with Crippen molar-refractivity contribution in [2.45, 2.75) is 19.9 Å². The standard InChI is InChI=1S/C14H14BrFN2O3/c1-6(2)12(14(20)21)18-13(19)11-5-8-9(16)3-7(15)4-10(8)17-11/h3-6,12,17H,1-2H3,(H,18,19)(H,20,21)/t12-/m0/s1. The van der Waals surface area contributed by atoms with Crippen LogP contribution in [0.15, 0.2) is 22.7 Å². The summed E-state index contributed by atoms with van der Waals surface area (Å²) in [6, 6.07) is 3.31. The van der Waals surface area contributed by atoms with E-state index >= 15 is 0 Å². The zero-order valence-electron chi connectivity index (χ0n) is 11.4. The van der Waals surface area contributed by atoms with E-state index in [1.807, 2.05) is 0 Å². The van der Waals surface area contributed by atoms with Crippen LogP contribution < -0.4 is 5.32 Å². The van der Waals surface area contributed by atoms with E-state index in [2.05, 4.69) is 26.2 Å². The van der Waals surface area contributed by atoms with Crippen LogP contribution in [-0.4, -0.2) is 28.0 Å². The third-order valence-electron chi connectivity index (χ3n) is 3.12. The fraction of sp³-hybridized carbons (Fsp3) is 0.286. The Hall–Kier alpha value is -1.89. The largest absolute Gasteiger partial charge is 0.480 e. The number of halogens is 2. The van der Waals surface area contributed by atoms with Crippen molar-refractivity contribution in [1.82, 2.24) is 10.3 Å². The highest BCUT2D eigenvalue weighted by atomic mass is 79.9. The molecule has 5 nitrogen and oxygen atoms in total. The average Bonchev–Trinajstić information content (AvgIpc) is 2.78. The van der Waals surface area contributed by atoms with Crippen LogP contribution in [0.4, 0.5) is 4.39 Å². The maximum absolute atomic E-state index is 13.8. The van der Waals surface area contributed by atoms with Crippen molar-refractivity contribution in [3.8, 4) is 0 Å². The maximum Gasteiger partial charge on any atom is 0.326 e. The maximum atomic E-state index is 13.8. The number of carbonyl (C=O) groups is 2. The predicted molar refractivity (Wildman–Crippen MR) is 79.7 cm³/mol. The molecule has 1 aromatic heterocycles. The molecule has 112 valence electrons. The third kappa shape index (κ3) is 3.24. The molecule has 0 saturated carbocycles. The van der Waals surface area contributed by atoms with E-state index < -0.39 is 23.7 Å². The Morgan fingerprint density at radius 2 is 2.00 bits per heavy atom. The number of amides is 1. The minimum atomic E-state index is -1.11. The molecule has 0 fully saturated rings. The van der Waals surface area contributed by atoms with Gasteiger partial charge in [0.15, 0.2) is 0 Å². The fourth-order valence-electron chi connectivity index (χ4n) is 2.02. The van der Waals surface area contributed by atoms with Crippen molar-refractivity contribution in [2.24, 2.45) is 5.92 Å². The lowest BCUT2D eigenvalue weighted by Gasteiger charge is -2.17. The van der Waals surface area contributed by atoms with Gasteiger partial charge in [0.25, 0.3) is 5.91 Å². The molecule has 21 heavy (non-hydrogen) atoms. The molecule has 0 aliphatic carbocycles. The Morgan fingerprint density at radius 3 is 2.57 bits per heavy atom. The first kappa shape index (κ1) is 15.5. The summed E-state index contributed by atoms with van der Waals surface area (Å²) in [4.78, 5) is 26.0. The van der Waals surface area contributed by atoms with Gasteiger partial charge >= 0.3 is 5.97 Å². The lowest BCUT2D eigenvalue weighted by Crippen LogP contribution is -2.44. The lowest BCUT2D eigenvalue weighted by atomic mass is 10.0.